The van der Waals surface area contributed by atoms with E-state index in [2.05, 4.69) is 21.2 Å². The smallest absolute Gasteiger partial charge is 0.338 e. The predicted molar refractivity (Wildman–Crippen MR) is 103 cm³/mol. The van der Waals surface area contributed by atoms with Crippen molar-refractivity contribution in [3.8, 4) is 0 Å². The quantitative estimate of drug-likeness (QED) is 0.698. The van der Waals surface area contributed by atoms with Crippen molar-refractivity contribution in [1.82, 2.24) is 0 Å². The zero-order valence-electron chi connectivity index (χ0n) is 14.9. The van der Waals surface area contributed by atoms with E-state index >= 15 is 0 Å². The summed E-state index contributed by atoms with van der Waals surface area (Å²) in [6.07, 6.45) is 0.767. The van der Waals surface area contributed by atoms with Crippen molar-refractivity contribution in [2.75, 3.05) is 11.9 Å². The van der Waals surface area contributed by atoms with Crippen LogP contribution >= 0.6 is 15.9 Å². The van der Waals surface area contributed by atoms with Gasteiger partial charge in [-0.2, -0.15) is 0 Å². The molecule has 0 aromatic heterocycles. The Morgan fingerprint density at radius 3 is 2.48 bits per heavy atom. The maximum absolute atomic E-state index is 12.7. The van der Waals surface area contributed by atoms with Gasteiger partial charge in [0.05, 0.1) is 12.2 Å². The third kappa shape index (κ3) is 4.48. The maximum atomic E-state index is 12.7. The topological polar surface area (TPSA) is 55.4 Å². The number of hydrogen-bond acceptors (Lipinski definition) is 3. The SMILES string of the molecule is CCCOC(=O)c1cccc(NC(=O)c2cc(Br)c(C)c(C)c2C)c1. The van der Waals surface area contributed by atoms with Crippen molar-refractivity contribution < 1.29 is 14.3 Å². The van der Waals surface area contributed by atoms with E-state index < -0.39 is 0 Å². The molecule has 2 rings (SSSR count). The van der Waals surface area contributed by atoms with Gasteiger partial charge in [0.25, 0.3) is 5.91 Å². The molecule has 0 atom stereocenters. The van der Waals surface area contributed by atoms with Crippen molar-refractivity contribution in [2.45, 2.75) is 34.1 Å². The van der Waals surface area contributed by atoms with E-state index in [9.17, 15) is 9.59 Å². The molecular formula is C20H22BrNO3. The lowest BCUT2D eigenvalue weighted by Crippen LogP contribution is -2.15. The number of carbonyl (C=O) groups excluding carboxylic acids is 2. The minimum atomic E-state index is -0.386. The molecular weight excluding hydrogens is 382 g/mol. The first-order chi connectivity index (χ1) is 11.8. The van der Waals surface area contributed by atoms with Gasteiger partial charge < -0.3 is 10.1 Å². The Morgan fingerprint density at radius 1 is 1.08 bits per heavy atom. The minimum Gasteiger partial charge on any atom is -0.462 e. The molecule has 0 aliphatic carbocycles. The third-order valence-electron chi connectivity index (χ3n) is 4.20. The lowest BCUT2D eigenvalue weighted by molar-refractivity contribution is 0.0505. The van der Waals surface area contributed by atoms with Gasteiger partial charge >= 0.3 is 5.97 Å². The molecule has 4 nitrogen and oxygen atoms in total. The van der Waals surface area contributed by atoms with Gasteiger partial charge in [-0.15, -0.1) is 0 Å². The molecule has 0 spiro atoms. The number of ether oxygens (including phenoxy) is 1. The molecule has 0 saturated heterocycles. The van der Waals surface area contributed by atoms with Gasteiger partial charge in [-0.1, -0.05) is 28.9 Å². The molecule has 0 saturated carbocycles. The molecule has 0 bridgehead atoms. The number of hydrogen-bond donors (Lipinski definition) is 1. The summed E-state index contributed by atoms with van der Waals surface area (Å²) in [6, 6.07) is 8.60. The highest BCUT2D eigenvalue weighted by molar-refractivity contribution is 9.10. The summed E-state index contributed by atoms with van der Waals surface area (Å²) in [6.45, 7) is 8.26. The van der Waals surface area contributed by atoms with Gasteiger partial charge in [0.2, 0.25) is 0 Å². The normalized spacial score (nSPS) is 10.4. The minimum absolute atomic E-state index is 0.208. The van der Waals surface area contributed by atoms with E-state index in [4.69, 9.17) is 4.74 Å². The molecule has 0 unspecified atom stereocenters. The van der Waals surface area contributed by atoms with Crippen LogP contribution in [0.5, 0.6) is 0 Å². The lowest BCUT2D eigenvalue weighted by atomic mass is 9.98. The van der Waals surface area contributed by atoms with Crippen molar-refractivity contribution in [3.63, 3.8) is 0 Å². The zero-order valence-corrected chi connectivity index (χ0v) is 16.5. The first kappa shape index (κ1) is 19.2. The van der Waals surface area contributed by atoms with E-state index in [1.807, 2.05) is 33.8 Å². The van der Waals surface area contributed by atoms with Gasteiger partial charge in [-0.25, -0.2) is 4.79 Å². The Hall–Kier alpha value is -2.14. The Labute approximate surface area is 156 Å². The second-order valence-electron chi connectivity index (χ2n) is 5.95. The summed E-state index contributed by atoms with van der Waals surface area (Å²) in [4.78, 5) is 24.6. The average molecular weight is 404 g/mol. The van der Waals surface area contributed by atoms with Crippen LogP contribution in [0.3, 0.4) is 0 Å². The maximum Gasteiger partial charge on any atom is 0.338 e. The van der Waals surface area contributed by atoms with Gasteiger partial charge in [-0.3, -0.25) is 4.79 Å². The summed E-state index contributed by atoms with van der Waals surface area (Å²) in [7, 11) is 0. The first-order valence-electron chi connectivity index (χ1n) is 8.20. The number of nitrogens with one attached hydrogen (secondary N) is 1. The number of esters is 1. The van der Waals surface area contributed by atoms with E-state index in [1.54, 1.807) is 24.3 Å². The first-order valence-corrected chi connectivity index (χ1v) is 8.99. The second-order valence-corrected chi connectivity index (χ2v) is 6.81. The number of amides is 1. The summed E-state index contributed by atoms with van der Waals surface area (Å²) >= 11 is 3.50. The fourth-order valence-electron chi connectivity index (χ4n) is 2.44. The van der Waals surface area contributed by atoms with E-state index in [0.29, 0.717) is 23.4 Å². The second kappa shape index (κ2) is 8.30. The Kier molecular flexibility index (Phi) is 6.37. The third-order valence-corrected chi connectivity index (χ3v) is 5.02. The van der Waals surface area contributed by atoms with Crippen molar-refractivity contribution >= 4 is 33.5 Å². The molecule has 1 amide bonds. The van der Waals surface area contributed by atoms with E-state index in [1.165, 1.54) is 0 Å². The van der Waals surface area contributed by atoms with Crippen LogP contribution in [0.15, 0.2) is 34.8 Å². The summed E-state index contributed by atoms with van der Waals surface area (Å²) < 4.78 is 6.03. The van der Waals surface area contributed by atoms with Crippen LogP contribution in [-0.4, -0.2) is 18.5 Å². The van der Waals surface area contributed by atoms with Gasteiger partial charge in [0.1, 0.15) is 0 Å². The van der Waals surface area contributed by atoms with Gasteiger partial charge in [0, 0.05) is 15.7 Å². The number of rotatable bonds is 5. The van der Waals surface area contributed by atoms with Crippen LogP contribution in [0.4, 0.5) is 5.69 Å². The lowest BCUT2D eigenvalue weighted by Gasteiger charge is -2.14. The summed E-state index contributed by atoms with van der Waals surface area (Å²) in [5.74, 6) is -0.594. The molecule has 1 N–H and O–H groups in total. The number of halogens is 1. The van der Waals surface area contributed by atoms with Crippen LogP contribution in [0.25, 0.3) is 0 Å². The van der Waals surface area contributed by atoms with Crippen LogP contribution in [0, 0.1) is 20.8 Å². The molecule has 2 aromatic carbocycles. The molecule has 25 heavy (non-hydrogen) atoms. The standard InChI is InChI=1S/C20H22BrNO3/c1-5-9-25-20(24)15-7-6-8-16(10-15)22-19(23)17-11-18(21)14(4)12(2)13(17)3/h6-8,10-11H,5,9H2,1-4H3,(H,22,23). The van der Waals surface area contributed by atoms with Gasteiger partial charge in [-0.05, 0) is 68.1 Å². The van der Waals surface area contributed by atoms with Crippen molar-refractivity contribution in [3.05, 3.63) is 62.6 Å². The fraction of sp³-hybridized carbons (Fsp3) is 0.300. The molecule has 0 fully saturated rings. The summed E-state index contributed by atoms with van der Waals surface area (Å²) in [5.41, 5.74) is 4.73. The molecule has 0 radical (unpaired) electrons. The largest absolute Gasteiger partial charge is 0.462 e. The number of benzene rings is 2. The molecule has 132 valence electrons. The highest BCUT2D eigenvalue weighted by Gasteiger charge is 2.15. The highest BCUT2D eigenvalue weighted by Crippen LogP contribution is 2.26. The number of carbonyl (C=O) groups is 2. The van der Waals surface area contributed by atoms with Crippen LogP contribution in [0.1, 0.15) is 50.8 Å². The van der Waals surface area contributed by atoms with Crippen molar-refractivity contribution in [1.29, 1.82) is 0 Å². The molecule has 0 aliphatic heterocycles. The van der Waals surface area contributed by atoms with Gasteiger partial charge in [0.15, 0.2) is 0 Å². The Morgan fingerprint density at radius 2 is 1.80 bits per heavy atom. The molecule has 0 heterocycles. The highest BCUT2D eigenvalue weighted by atomic mass is 79.9. The molecule has 0 aliphatic rings. The van der Waals surface area contributed by atoms with Crippen LogP contribution in [0.2, 0.25) is 0 Å². The monoisotopic (exact) mass is 403 g/mol. The summed E-state index contributed by atoms with van der Waals surface area (Å²) in [5, 5.41) is 2.86. The Balaban J connectivity index is 2.23. The van der Waals surface area contributed by atoms with Crippen LogP contribution < -0.4 is 5.32 Å². The average Bonchev–Trinajstić information content (AvgIpc) is 2.61. The van der Waals surface area contributed by atoms with Crippen molar-refractivity contribution in [2.24, 2.45) is 0 Å². The number of anilines is 1. The van der Waals surface area contributed by atoms with Crippen LogP contribution in [-0.2, 0) is 4.74 Å². The van der Waals surface area contributed by atoms with E-state index in [0.717, 1.165) is 27.6 Å². The molecule has 2 aromatic rings. The molecule has 5 heteroatoms. The Bertz CT molecular complexity index is 815. The predicted octanol–water partition coefficient (Wildman–Crippen LogP) is 5.19. The van der Waals surface area contributed by atoms with E-state index in [-0.39, 0.29) is 11.9 Å². The fourth-order valence-corrected chi connectivity index (χ4v) is 2.97. The zero-order chi connectivity index (χ0) is 18.6.